The fourth-order valence-corrected chi connectivity index (χ4v) is 1.51. The molecule has 17 heavy (non-hydrogen) atoms. The van der Waals surface area contributed by atoms with Gasteiger partial charge in [0.05, 0.1) is 11.6 Å². The molecule has 0 aliphatic heterocycles. The van der Waals surface area contributed by atoms with Gasteiger partial charge in [-0.1, -0.05) is 0 Å². The number of aliphatic carboxylic acids is 1. The Morgan fingerprint density at radius 1 is 1.53 bits per heavy atom. The van der Waals surface area contributed by atoms with Crippen molar-refractivity contribution in [3.8, 4) is 0 Å². The number of nitrogens with one attached hydrogen (secondary N) is 1. The Morgan fingerprint density at radius 2 is 2.24 bits per heavy atom. The van der Waals surface area contributed by atoms with E-state index < -0.39 is 17.8 Å². The summed E-state index contributed by atoms with van der Waals surface area (Å²) >= 11 is 1.06. The second-order valence-electron chi connectivity index (χ2n) is 2.99. The van der Waals surface area contributed by atoms with Crippen LogP contribution in [0.15, 0.2) is 18.3 Å². The van der Waals surface area contributed by atoms with E-state index in [9.17, 15) is 18.0 Å². The fraction of sp³-hybridized carbons (Fsp3) is 0.333. The number of carboxylic acid groups (broad SMARTS) is 1. The van der Waals surface area contributed by atoms with Crippen LogP contribution in [0.2, 0.25) is 0 Å². The van der Waals surface area contributed by atoms with Gasteiger partial charge in [-0.15, -0.1) is 11.8 Å². The monoisotopic (exact) mass is 266 g/mol. The van der Waals surface area contributed by atoms with E-state index in [1.165, 1.54) is 6.07 Å². The highest BCUT2D eigenvalue weighted by molar-refractivity contribution is 8.00. The number of thioether (sulfide) groups is 1. The molecule has 2 N–H and O–H groups in total. The lowest BCUT2D eigenvalue weighted by atomic mass is 10.3. The van der Waals surface area contributed by atoms with Crippen LogP contribution in [0.5, 0.6) is 0 Å². The largest absolute Gasteiger partial charge is 0.481 e. The molecule has 0 amide bonds. The Bertz CT molecular complexity index is 398. The minimum atomic E-state index is -4.48. The lowest BCUT2D eigenvalue weighted by Gasteiger charge is -2.09. The van der Waals surface area contributed by atoms with E-state index in [1.807, 2.05) is 0 Å². The molecule has 0 atom stereocenters. The van der Waals surface area contributed by atoms with Gasteiger partial charge in [-0.05, 0) is 12.1 Å². The summed E-state index contributed by atoms with van der Waals surface area (Å²) in [6, 6.07) is 2.26. The number of carboxylic acids is 1. The van der Waals surface area contributed by atoms with Crippen molar-refractivity contribution in [3.63, 3.8) is 0 Å². The van der Waals surface area contributed by atoms with E-state index >= 15 is 0 Å². The van der Waals surface area contributed by atoms with Gasteiger partial charge in [0.2, 0.25) is 0 Å². The van der Waals surface area contributed by atoms with Crippen LogP contribution in [-0.2, 0) is 11.0 Å². The summed E-state index contributed by atoms with van der Waals surface area (Å²) in [4.78, 5) is 13.4. The first-order valence-corrected chi connectivity index (χ1v) is 5.61. The van der Waals surface area contributed by atoms with Gasteiger partial charge in [0.15, 0.2) is 0 Å². The van der Waals surface area contributed by atoms with Crippen molar-refractivity contribution in [1.29, 1.82) is 0 Å². The number of hydrogen-bond acceptors (Lipinski definition) is 4. The number of aromatic nitrogens is 1. The second kappa shape index (κ2) is 5.76. The quantitative estimate of drug-likeness (QED) is 0.632. The molecule has 0 radical (unpaired) electrons. The molecule has 1 aromatic rings. The van der Waals surface area contributed by atoms with Gasteiger partial charge in [0, 0.05) is 11.9 Å². The molecule has 0 saturated heterocycles. The standard InChI is InChI=1S/C9H9F3N2O2S/c10-9(11,12)7-3-6(1-2-13-7)14-5-17-4-8(15)16/h1-3H,4-5H2,(H,13,14)(H,15,16). The maximum absolute atomic E-state index is 12.3. The Hall–Kier alpha value is -1.44. The van der Waals surface area contributed by atoms with Gasteiger partial charge in [0.25, 0.3) is 0 Å². The van der Waals surface area contributed by atoms with Gasteiger partial charge >= 0.3 is 12.1 Å². The average Bonchev–Trinajstić information content (AvgIpc) is 2.23. The van der Waals surface area contributed by atoms with Crippen LogP contribution < -0.4 is 5.32 Å². The molecular formula is C9H9F3N2O2S. The Balaban J connectivity index is 2.52. The van der Waals surface area contributed by atoms with Crippen LogP contribution >= 0.6 is 11.8 Å². The molecule has 8 heteroatoms. The first-order chi connectivity index (χ1) is 7.89. The number of alkyl halides is 3. The molecule has 0 aliphatic rings. The first-order valence-electron chi connectivity index (χ1n) is 4.46. The highest BCUT2D eigenvalue weighted by Crippen LogP contribution is 2.28. The van der Waals surface area contributed by atoms with Crippen molar-refractivity contribution in [1.82, 2.24) is 4.98 Å². The van der Waals surface area contributed by atoms with Crippen LogP contribution in [0.3, 0.4) is 0 Å². The third-order valence-electron chi connectivity index (χ3n) is 1.65. The van der Waals surface area contributed by atoms with Crippen LogP contribution in [0, 0.1) is 0 Å². The molecule has 0 saturated carbocycles. The van der Waals surface area contributed by atoms with Crippen LogP contribution in [0.1, 0.15) is 5.69 Å². The van der Waals surface area contributed by atoms with E-state index in [1.54, 1.807) is 0 Å². The number of hydrogen-bond donors (Lipinski definition) is 2. The number of halogens is 3. The van der Waals surface area contributed by atoms with E-state index in [2.05, 4.69) is 10.3 Å². The lowest BCUT2D eigenvalue weighted by Crippen LogP contribution is -2.09. The third kappa shape index (κ3) is 4.94. The highest BCUT2D eigenvalue weighted by atomic mass is 32.2. The van der Waals surface area contributed by atoms with Gasteiger partial charge in [0.1, 0.15) is 5.69 Å². The summed E-state index contributed by atoms with van der Waals surface area (Å²) in [5.74, 6) is -0.861. The minimum absolute atomic E-state index is 0.107. The molecule has 0 fully saturated rings. The lowest BCUT2D eigenvalue weighted by molar-refractivity contribution is -0.141. The van der Waals surface area contributed by atoms with Crippen molar-refractivity contribution < 1.29 is 23.1 Å². The molecule has 94 valence electrons. The molecular weight excluding hydrogens is 257 g/mol. The number of anilines is 1. The van der Waals surface area contributed by atoms with Crippen molar-refractivity contribution in [2.45, 2.75) is 6.18 Å². The molecule has 0 aromatic carbocycles. The van der Waals surface area contributed by atoms with Crippen molar-refractivity contribution in [3.05, 3.63) is 24.0 Å². The molecule has 0 bridgehead atoms. The van der Waals surface area contributed by atoms with Gasteiger partial charge in [-0.25, -0.2) is 0 Å². The maximum atomic E-state index is 12.3. The van der Waals surface area contributed by atoms with Crippen LogP contribution in [-0.4, -0.2) is 27.7 Å². The predicted molar refractivity (Wildman–Crippen MR) is 57.8 cm³/mol. The summed E-state index contributed by atoms with van der Waals surface area (Å²) in [5.41, 5.74) is -0.726. The Labute approximate surface area is 99.2 Å². The predicted octanol–water partition coefficient (Wildman–Crippen LogP) is 2.29. The van der Waals surface area contributed by atoms with Crippen molar-refractivity contribution in [2.75, 3.05) is 16.9 Å². The Kier molecular flexibility index (Phi) is 4.62. The molecule has 1 aromatic heterocycles. The Morgan fingerprint density at radius 3 is 2.82 bits per heavy atom. The third-order valence-corrected chi connectivity index (χ3v) is 2.45. The SMILES string of the molecule is O=C(O)CSCNc1ccnc(C(F)(F)F)c1. The summed E-state index contributed by atoms with van der Waals surface area (Å²) < 4.78 is 36.9. The smallest absolute Gasteiger partial charge is 0.433 e. The number of carbonyl (C=O) groups is 1. The van der Waals surface area contributed by atoms with E-state index in [0.717, 1.165) is 24.0 Å². The molecule has 1 heterocycles. The summed E-state index contributed by atoms with van der Waals surface area (Å²) in [6.07, 6.45) is -3.43. The van der Waals surface area contributed by atoms with Crippen LogP contribution in [0.25, 0.3) is 0 Å². The van der Waals surface area contributed by atoms with Crippen molar-refractivity contribution >= 4 is 23.4 Å². The molecule has 0 spiro atoms. The average molecular weight is 266 g/mol. The van der Waals surface area contributed by atoms with Gasteiger partial charge in [-0.2, -0.15) is 13.2 Å². The zero-order valence-electron chi connectivity index (χ0n) is 8.49. The molecule has 0 aliphatic carbocycles. The van der Waals surface area contributed by atoms with Crippen molar-refractivity contribution in [2.24, 2.45) is 0 Å². The van der Waals surface area contributed by atoms with E-state index in [0.29, 0.717) is 0 Å². The first kappa shape index (κ1) is 13.6. The summed E-state index contributed by atoms with van der Waals surface area (Å²) in [6.45, 7) is 0. The zero-order valence-corrected chi connectivity index (χ0v) is 9.31. The molecule has 0 unspecified atom stereocenters. The zero-order chi connectivity index (χ0) is 12.9. The number of nitrogens with zero attached hydrogens (tertiary/aromatic N) is 1. The molecule has 4 nitrogen and oxygen atoms in total. The minimum Gasteiger partial charge on any atom is -0.481 e. The van der Waals surface area contributed by atoms with E-state index in [4.69, 9.17) is 5.11 Å². The maximum Gasteiger partial charge on any atom is 0.433 e. The number of pyridine rings is 1. The van der Waals surface area contributed by atoms with Gasteiger partial charge in [-0.3, -0.25) is 9.78 Å². The summed E-state index contributed by atoms with van der Waals surface area (Å²) in [5, 5.41) is 11.0. The topological polar surface area (TPSA) is 62.2 Å². The molecule has 1 rings (SSSR count). The van der Waals surface area contributed by atoms with E-state index in [-0.39, 0.29) is 17.3 Å². The summed E-state index contributed by atoms with van der Waals surface area (Å²) in [7, 11) is 0. The van der Waals surface area contributed by atoms with Crippen LogP contribution in [0.4, 0.5) is 18.9 Å². The van der Waals surface area contributed by atoms with Gasteiger partial charge < -0.3 is 10.4 Å². The number of rotatable bonds is 5. The normalized spacial score (nSPS) is 11.2. The second-order valence-corrected chi connectivity index (χ2v) is 3.98. The highest BCUT2D eigenvalue weighted by Gasteiger charge is 2.32. The fourth-order valence-electron chi connectivity index (χ4n) is 0.968.